The van der Waals surface area contributed by atoms with Crippen LogP contribution in [-0.2, 0) is 11.3 Å². The van der Waals surface area contributed by atoms with Crippen molar-refractivity contribution in [2.75, 3.05) is 6.61 Å². The lowest BCUT2D eigenvalue weighted by Gasteiger charge is -1.90. The fourth-order valence-electron chi connectivity index (χ4n) is 0.712. The molecule has 0 aromatic carbocycles. The van der Waals surface area contributed by atoms with E-state index in [0.717, 1.165) is 13.2 Å². The monoisotopic (exact) mass is 125 g/mol. The molecule has 1 aromatic heterocycles. The van der Waals surface area contributed by atoms with Crippen LogP contribution in [0, 0.1) is 0 Å². The number of ether oxygens (including phenoxy) is 1. The molecule has 0 saturated carbocycles. The first-order chi connectivity index (χ1) is 4.45. The zero-order valence-corrected chi connectivity index (χ0v) is 4.90. The molecule has 0 aliphatic carbocycles. The van der Waals surface area contributed by atoms with E-state index < -0.39 is 0 Å². The molecule has 4 nitrogen and oxygen atoms in total. The molecule has 0 spiro atoms. The Balaban J connectivity index is 1.99. The van der Waals surface area contributed by atoms with Gasteiger partial charge in [0.25, 0.3) is 0 Å². The van der Waals surface area contributed by atoms with Crippen LogP contribution < -0.4 is 0 Å². The first-order valence-corrected chi connectivity index (χ1v) is 2.91. The van der Waals surface area contributed by atoms with Crippen molar-refractivity contribution in [3.8, 4) is 0 Å². The molecule has 1 unspecified atom stereocenters. The third-order valence-electron chi connectivity index (χ3n) is 1.26. The molecular weight excluding hydrogens is 118 g/mol. The Hall–Kier alpha value is -0.900. The van der Waals surface area contributed by atoms with E-state index in [9.17, 15) is 0 Å². The average molecular weight is 125 g/mol. The molecule has 1 aliphatic rings. The van der Waals surface area contributed by atoms with Crippen LogP contribution in [0.4, 0.5) is 0 Å². The third-order valence-corrected chi connectivity index (χ3v) is 1.26. The fourth-order valence-corrected chi connectivity index (χ4v) is 0.712. The average Bonchev–Trinajstić information content (AvgIpc) is 2.46. The number of epoxide rings is 1. The summed E-state index contributed by atoms with van der Waals surface area (Å²) in [5.74, 6) is 0. The van der Waals surface area contributed by atoms with Crippen molar-refractivity contribution in [1.29, 1.82) is 0 Å². The number of hydrogen-bond donors (Lipinski definition) is 0. The van der Waals surface area contributed by atoms with Gasteiger partial charge < -0.3 is 4.74 Å². The maximum absolute atomic E-state index is 4.99. The highest BCUT2D eigenvalue weighted by Crippen LogP contribution is 2.09. The summed E-state index contributed by atoms with van der Waals surface area (Å²) in [5, 5.41) is 7.44. The number of nitrogens with zero attached hydrogens (tertiary/aromatic N) is 3. The van der Waals surface area contributed by atoms with Gasteiger partial charge in [0.05, 0.1) is 19.3 Å². The minimum Gasteiger partial charge on any atom is -0.371 e. The number of aromatic nitrogens is 3. The highest BCUT2D eigenvalue weighted by molar-refractivity contribution is 4.72. The Morgan fingerprint density at radius 2 is 2.67 bits per heavy atom. The predicted molar refractivity (Wildman–Crippen MR) is 29.8 cm³/mol. The van der Waals surface area contributed by atoms with Crippen LogP contribution in [-0.4, -0.2) is 27.7 Å². The molecule has 0 radical (unpaired) electrons. The summed E-state index contributed by atoms with van der Waals surface area (Å²) in [6, 6.07) is 0. The normalized spacial score (nSPS) is 24.2. The first-order valence-electron chi connectivity index (χ1n) is 2.91. The molecule has 0 amide bonds. The summed E-state index contributed by atoms with van der Waals surface area (Å²) in [6.07, 6.45) is 3.90. The zero-order chi connectivity index (χ0) is 6.10. The summed E-state index contributed by atoms with van der Waals surface area (Å²) >= 11 is 0. The highest BCUT2D eigenvalue weighted by atomic mass is 16.6. The minimum atomic E-state index is 0.395. The molecule has 1 fully saturated rings. The van der Waals surface area contributed by atoms with E-state index in [0.29, 0.717) is 6.10 Å². The molecule has 1 saturated heterocycles. The summed E-state index contributed by atoms with van der Waals surface area (Å²) in [5.41, 5.74) is 0. The second-order valence-electron chi connectivity index (χ2n) is 2.08. The van der Waals surface area contributed by atoms with E-state index in [1.165, 1.54) is 0 Å². The van der Waals surface area contributed by atoms with E-state index in [1.54, 1.807) is 10.9 Å². The smallest absolute Gasteiger partial charge is 0.101 e. The Kier molecular flexibility index (Phi) is 0.989. The van der Waals surface area contributed by atoms with Gasteiger partial charge in [-0.3, -0.25) is 0 Å². The number of hydrogen-bond acceptors (Lipinski definition) is 3. The lowest BCUT2D eigenvalue weighted by atomic mass is 10.5. The SMILES string of the molecule is c1cn(CC2CO2)nn1. The van der Waals surface area contributed by atoms with Crippen molar-refractivity contribution in [3.05, 3.63) is 12.4 Å². The molecule has 4 heteroatoms. The van der Waals surface area contributed by atoms with Crippen molar-refractivity contribution in [1.82, 2.24) is 15.0 Å². The van der Waals surface area contributed by atoms with E-state index in [4.69, 9.17) is 4.74 Å². The zero-order valence-electron chi connectivity index (χ0n) is 4.90. The van der Waals surface area contributed by atoms with Gasteiger partial charge in [-0.1, -0.05) is 5.21 Å². The van der Waals surface area contributed by atoms with Gasteiger partial charge in [-0.2, -0.15) is 0 Å². The molecule has 1 aliphatic heterocycles. The van der Waals surface area contributed by atoms with Gasteiger partial charge in [0.15, 0.2) is 0 Å². The summed E-state index contributed by atoms with van der Waals surface area (Å²) in [7, 11) is 0. The summed E-state index contributed by atoms with van der Waals surface area (Å²) in [6.45, 7) is 1.72. The molecule has 1 aromatic rings. The Morgan fingerprint density at radius 1 is 1.78 bits per heavy atom. The van der Waals surface area contributed by atoms with Gasteiger partial charge in [0.1, 0.15) is 6.10 Å². The lowest BCUT2D eigenvalue weighted by molar-refractivity contribution is 0.371. The lowest BCUT2D eigenvalue weighted by Crippen LogP contribution is -2.04. The van der Waals surface area contributed by atoms with Crippen molar-refractivity contribution >= 4 is 0 Å². The van der Waals surface area contributed by atoms with Crippen molar-refractivity contribution in [2.45, 2.75) is 12.6 Å². The van der Waals surface area contributed by atoms with E-state index in [1.807, 2.05) is 6.20 Å². The topological polar surface area (TPSA) is 43.2 Å². The molecule has 0 N–H and O–H groups in total. The van der Waals surface area contributed by atoms with Gasteiger partial charge in [0, 0.05) is 6.20 Å². The van der Waals surface area contributed by atoms with E-state index in [-0.39, 0.29) is 0 Å². The Morgan fingerprint density at radius 3 is 3.22 bits per heavy atom. The maximum Gasteiger partial charge on any atom is 0.101 e. The summed E-state index contributed by atoms with van der Waals surface area (Å²) < 4.78 is 6.77. The Labute approximate surface area is 52.4 Å². The van der Waals surface area contributed by atoms with Gasteiger partial charge in [0.2, 0.25) is 0 Å². The quantitative estimate of drug-likeness (QED) is 0.508. The van der Waals surface area contributed by atoms with Crippen LogP contribution in [0.5, 0.6) is 0 Å². The predicted octanol–water partition coefficient (Wildman–Crippen LogP) is -0.323. The van der Waals surface area contributed by atoms with Crippen LogP contribution in [0.3, 0.4) is 0 Å². The van der Waals surface area contributed by atoms with E-state index >= 15 is 0 Å². The van der Waals surface area contributed by atoms with E-state index in [2.05, 4.69) is 10.3 Å². The highest BCUT2D eigenvalue weighted by Gasteiger charge is 2.22. The minimum absolute atomic E-state index is 0.395. The summed E-state index contributed by atoms with van der Waals surface area (Å²) in [4.78, 5) is 0. The molecule has 9 heavy (non-hydrogen) atoms. The number of rotatable bonds is 2. The Bertz CT molecular complexity index is 180. The maximum atomic E-state index is 4.99. The standard InChI is InChI=1S/C5H7N3O/c1-2-8(7-6-1)3-5-4-9-5/h1-2,5H,3-4H2. The van der Waals surface area contributed by atoms with Crippen LogP contribution in [0.1, 0.15) is 0 Å². The van der Waals surface area contributed by atoms with Crippen molar-refractivity contribution in [3.63, 3.8) is 0 Å². The molecule has 2 heterocycles. The molecule has 1 atom stereocenters. The fraction of sp³-hybridized carbons (Fsp3) is 0.600. The second-order valence-corrected chi connectivity index (χ2v) is 2.08. The van der Waals surface area contributed by atoms with Crippen LogP contribution in [0.25, 0.3) is 0 Å². The van der Waals surface area contributed by atoms with Crippen LogP contribution >= 0.6 is 0 Å². The van der Waals surface area contributed by atoms with Crippen LogP contribution in [0.2, 0.25) is 0 Å². The molecule has 48 valence electrons. The third kappa shape index (κ3) is 1.08. The molecule has 2 rings (SSSR count). The van der Waals surface area contributed by atoms with Gasteiger partial charge >= 0.3 is 0 Å². The van der Waals surface area contributed by atoms with Crippen molar-refractivity contribution in [2.24, 2.45) is 0 Å². The largest absolute Gasteiger partial charge is 0.371 e. The van der Waals surface area contributed by atoms with Gasteiger partial charge in [-0.15, -0.1) is 5.10 Å². The van der Waals surface area contributed by atoms with Crippen LogP contribution in [0.15, 0.2) is 12.4 Å². The van der Waals surface area contributed by atoms with Crippen molar-refractivity contribution < 1.29 is 4.74 Å². The molecular formula is C5H7N3O. The van der Waals surface area contributed by atoms with Gasteiger partial charge in [-0.25, -0.2) is 4.68 Å². The van der Waals surface area contributed by atoms with Gasteiger partial charge in [-0.05, 0) is 0 Å². The second kappa shape index (κ2) is 1.80. The first kappa shape index (κ1) is 4.93. The molecule has 0 bridgehead atoms.